The fourth-order valence-corrected chi connectivity index (χ4v) is 2.15. The Hall–Kier alpha value is -1.73. The van der Waals surface area contributed by atoms with Crippen molar-refractivity contribution in [1.82, 2.24) is 4.90 Å². The highest BCUT2D eigenvalue weighted by molar-refractivity contribution is 7.89. The van der Waals surface area contributed by atoms with Crippen LogP contribution in [0.1, 0.15) is 23.2 Å². The molecule has 5 nitrogen and oxygen atoms in total. The van der Waals surface area contributed by atoms with Crippen molar-refractivity contribution in [1.29, 1.82) is 0 Å². The molecule has 0 atom stereocenters. The van der Waals surface area contributed by atoms with Gasteiger partial charge in [-0.15, -0.1) is 6.58 Å². The van der Waals surface area contributed by atoms with Crippen LogP contribution < -0.4 is 5.14 Å². The molecule has 1 amide bonds. The van der Waals surface area contributed by atoms with Crippen molar-refractivity contribution in [3.8, 4) is 0 Å². The van der Waals surface area contributed by atoms with Crippen LogP contribution >= 0.6 is 0 Å². The van der Waals surface area contributed by atoms with E-state index in [-0.39, 0.29) is 10.5 Å². The number of hydrogen-bond donors (Lipinski definition) is 1. The zero-order chi connectivity index (χ0) is 15.3. The van der Waals surface area contributed by atoms with Gasteiger partial charge in [0.15, 0.2) is 0 Å². The van der Waals surface area contributed by atoms with Crippen LogP contribution in [0.2, 0.25) is 0 Å². The summed E-state index contributed by atoms with van der Waals surface area (Å²) < 4.78 is 36.0. The van der Waals surface area contributed by atoms with Gasteiger partial charge in [-0.3, -0.25) is 4.79 Å². The average molecular weight is 300 g/mol. The van der Waals surface area contributed by atoms with Crippen molar-refractivity contribution >= 4 is 15.9 Å². The molecule has 7 heteroatoms. The highest BCUT2D eigenvalue weighted by Crippen LogP contribution is 2.15. The molecule has 0 aliphatic rings. The second-order valence-electron chi connectivity index (χ2n) is 4.34. The van der Waals surface area contributed by atoms with Gasteiger partial charge in [-0.1, -0.05) is 6.08 Å². The predicted octanol–water partition coefficient (Wildman–Crippen LogP) is 1.51. The lowest BCUT2D eigenvalue weighted by atomic mass is 10.2. The maximum atomic E-state index is 13.8. The van der Waals surface area contributed by atoms with Crippen LogP contribution in [0, 0.1) is 5.82 Å². The van der Waals surface area contributed by atoms with E-state index >= 15 is 0 Å². The topological polar surface area (TPSA) is 80.5 Å². The molecule has 0 unspecified atom stereocenters. The number of amides is 1. The number of rotatable bonds is 6. The quantitative estimate of drug-likeness (QED) is 0.639. The van der Waals surface area contributed by atoms with Crippen LogP contribution in [0.15, 0.2) is 35.7 Å². The van der Waals surface area contributed by atoms with E-state index < -0.39 is 21.7 Å². The first-order chi connectivity index (χ1) is 9.27. The van der Waals surface area contributed by atoms with Crippen molar-refractivity contribution in [3.05, 3.63) is 42.2 Å². The van der Waals surface area contributed by atoms with Crippen molar-refractivity contribution in [2.45, 2.75) is 17.7 Å². The van der Waals surface area contributed by atoms with Crippen LogP contribution in [0.3, 0.4) is 0 Å². The van der Waals surface area contributed by atoms with E-state index in [0.717, 1.165) is 31.0 Å². The molecular weight excluding hydrogens is 283 g/mol. The highest BCUT2D eigenvalue weighted by atomic mass is 32.2. The van der Waals surface area contributed by atoms with E-state index in [1.165, 1.54) is 4.90 Å². The molecule has 2 N–H and O–H groups in total. The molecule has 0 aliphatic heterocycles. The standard InChI is InChI=1S/C13H17FN2O3S/c1-3-4-5-8-16(2)13(17)11-7-6-10(9-12(11)14)20(15,18)19/h3,6-7,9H,1,4-5,8H2,2H3,(H2,15,18,19). The maximum Gasteiger partial charge on any atom is 0.256 e. The maximum absolute atomic E-state index is 13.8. The van der Waals surface area contributed by atoms with Crippen LogP contribution in [0.25, 0.3) is 0 Å². The van der Waals surface area contributed by atoms with Gasteiger partial charge in [-0.25, -0.2) is 17.9 Å². The number of sulfonamides is 1. The first-order valence-electron chi connectivity index (χ1n) is 5.96. The highest BCUT2D eigenvalue weighted by Gasteiger charge is 2.18. The van der Waals surface area contributed by atoms with Crippen molar-refractivity contribution in [3.63, 3.8) is 0 Å². The van der Waals surface area contributed by atoms with Crippen LogP contribution in [0.4, 0.5) is 4.39 Å². The normalized spacial score (nSPS) is 11.2. The largest absolute Gasteiger partial charge is 0.342 e. The molecule has 0 saturated heterocycles. The Labute approximate surface area is 117 Å². The fourth-order valence-electron chi connectivity index (χ4n) is 1.63. The SMILES string of the molecule is C=CCCCN(C)C(=O)c1ccc(S(N)(=O)=O)cc1F. The molecule has 0 bridgehead atoms. The second kappa shape index (κ2) is 6.62. The third-order valence-corrected chi connectivity index (χ3v) is 3.66. The summed E-state index contributed by atoms with van der Waals surface area (Å²) in [4.78, 5) is 13.0. The number of allylic oxidation sites excluding steroid dienone is 1. The summed E-state index contributed by atoms with van der Waals surface area (Å²) in [6.07, 6.45) is 3.22. The van der Waals surface area contributed by atoms with E-state index in [4.69, 9.17) is 5.14 Å². The lowest BCUT2D eigenvalue weighted by Crippen LogP contribution is -2.28. The number of unbranched alkanes of at least 4 members (excludes halogenated alkanes) is 1. The molecular formula is C13H17FN2O3S. The molecule has 0 heterocycles. The van der Waals surface area contributed by atoms with Crippen molar-refractivity contribution in [2.75, 3.05) is 13.6 Å². The minimum atomic E-state index is -3.98. The van der Waals surface area contributed by atoms with Gasteiger partial charge in [-0.05, 0) is 31.0 Å². The van der Waals surface area contributed by atoms with Crippen LogP contribution in [-0.4, -0.2) is 32.8 Å². The lowest BCUT2D eigenvalue weighted by Gasteiger charge is -2.17. The Morgan fingerprint density at radius 3 is 2.65 bits per heavy atom. The molecule has 0 radical (unpaired) electrons. The fraction of sp³-hybridized carbons (Fsp3) is 0.308. The van der Waals surface area contributed by atoms with Gasteiger partial charge in [0.1, 0.15) is 5.82 Å². The van der Waals surface area contributed by atoms with E-state index in [1.807, 2.05) is 0 Å². The summed E-state index contributed by atoms with van der Waals surface area (Å²) in [6.45, 7) is 4.03. The van der Waals surface area contributed by atoms with Crippen LogP contribution in [-0.2, 0) is 10.0 Å². The molecule has 1 rings (SSSR count). The number of primary sulfonamides is 1. The third kappa shape index (κ3) is 4.14. The second-order valence-corrected chi connectivity index (χ2v) is 5.91. The van der Waals surface area contributed by atoms with Gasteiger partial charge in [-0.2, -0.15) is 0 Å². The Bertz CT molecular complexity index is 614. The van der Waals surface area contributed by atoms with Crippen molar-refractivity contribution in [2.24, 2.45) is 5.14 Å². The van der Waals surface area contributed by atoms with Gasteiger partial charge >= 0.3 is 0 Å². The average Bonchev–Trinajstić information content (AvgIpc) is 2.37. The molecule has 0 saturated carbocycles. The first kappa shape index (κ1) is 16.3. The number of hydrogen-bond acceptors (Lipinski definition) is 3. The summed E-state index contributed by atoms with van der Waals surface area (Å²) >= 11 is 0. The minimum absolute atomic E-state index is 0.182. The van der Waals surface area contributed by atoms with Crippen LogP contribution in [0.5, 0.6) is 0 Å². The molecule has 0 aromatic heterocycles. The molecule has 0 spiro atoms. The molecule has 1 aromatic rings. The molecule has 1 aromatic carbocycles. The van der Waals surface area contributed by atoms with Gasteiger partial charge in [0.25, 0.3) is 5.91 Å². The molecule has 0 fully saturated rings. The number of carbonyl (C=O) groups excluding carboxylic acids is 1. The van der Waals surface area contributed by atoms with Gasteiger partial charge in [0.05, 0.1) is 10.5 Å². The Morgan fingerprint density at radius 1 is 1.50 bits per heavy atom. The summed E-state index contributed by atoms with van der Waals surface area (Å²) in [5.74, 6) is -1.41. The number of halogens is 1. The Kier molecular flexibility index (Phi) is 5.41. The van der Waals surface area contributed by atoms with Gasteiger partial charge in [0, 0.05) is 13.6 Å². The summed E-state index contributed by atoms with van der Waals surface area (Å²) in [6, 6.07) is 2.99. The zero-order valence-corrected chi connectivity index (χ0v) is 12.0. The van der Waals surface area contributed by atoms with Crippen molar-refractivity contribution < 1.29 is 17.6 Å². The van der Waals surface area contributed by atoms with E-state index in [9.17, 15) is 17.6 Å². The lowest BCUT2D eigenvalue weighted by molar-refractivity contribution is 0.0789. The third-order valence-electron chi connectivity index (χ3n) is 2.75. The number of nitrogens with two attached hydrogens (primary N) is 1. The predicted molar refractivity (Wildman–Crippen MR) is 74.2 cm³/mol. The molecule has 110 valence electrons. The van der Waals surface area contributed by atoms with Gasteiger partial charge < -0.3 is 4.90 Å². The number of carbonyl (C=O) groups is 1. The van der Waals surface area contributed by atoms with E-state index in [1.54, 1.807) is 13.1 Å². The molecule has 0 aliphatic carbocycles. The zero-order valence-electron chi connectivity index (χ0n) is 11.2. The Morgan fingerprint density at radius 2 is 2.15 bits per heavy atom. The van der Waals surface area contributed by atoms with E-state index in [2.05, 4.69) is 6.58 Å². The minimum Gasteiger partial charge on any atom is -0.342 e. The number of benzene rings is 1. The number of nitrogens with zero attached hydrogens (tertiary/aromatic N) is 1. The summed E-state index contributed by atoms with van der Waals surface area (Å²) in [7, 11) is -2.43. The smallest absolute Gasteiger partial charge is 0.256 e. The monoisotopic (exact) mass is 300 g/mol. The van der Waals surface area contributed by atoms with Gasteiger partial charge in [0.2, 0.25) is 10.0 Å². The Balaban J connectivity index is 2.92. The summed E-state index contributed by atoms with van der Waals surface area (Å²) in [5, 5.41) is 4.89. The summed E-state index contributed by atoms with van der Waals surface area (Å²) in [5.41, 5.74) is -0.182. The first-order valence-corrected chi connectivity index (χ1v) is 7.50. The van der Waals surface area contributed by atoms with E-state index in [0.29, 0.717) is 6.54 Å². The molecule has 20 heavy (non-hydrogen) atoms.